The van der Waals surface area contributed by atoms with Crippen LogP contribution in [0.4, 0.5) is 0 Å². The highest BCUT2D eigenvalue weighted by Crippen LogP contribution is 2.27. The van der Waals surface area contributed by atoms with Crippen LogP contribution < -0.4 is 0 Å². The number of aryl methyl sites for hydroxylation is 2. The fourth-order valence-electron chi connectivity index (χ4n) is 2.32. The number of carboxylic acid groups (broad SMARTS) is 1. The zero-order valence-electron chi connectivity index (χ0n) is 11.0. The minimum Gasteiger partial charge on any atom is -0.511 e. The molecule has 0 aliphatic heterocycles. The summed E-state index contributed by atoms with van der Waals surface area (Å²) in [5.41, 5.74) is 3.24. The molecule has 100 valence electrons. The van der Waals surface area contributed by atoms with E-state index >= 15 is 0 Å². The minimum atomic E-state index is -1.03. The molecule has 0 unspecified atom stereocenters. The summed E-state index contributed by atoms with van der Waals surface area (Å²) in [6, 6.07) is 8.22. The Morgan fingerprint density at radius 3 is 2.53 bits per heavy atom. The van der Waals surface area contributed by atoms with E-state index in [1.54, 1.807) is 0 Å². The molecule has 0 bridgehead atoms. The molecule has 1 aromatic carbocycles. The van der Waals surface area contributed by atoms with Crippen molar-refractivity contribution in [3.8, 4) is 0 Å². The maximum atomic E-state index is 11.2. The van der Waals surface area contributed by atoms with Gasteiger partial charge in [-0.3, -0.25) is 0 Å². The number of aliphatic carboxylic acids is 1. The van der Waals surface area contributed by atoms with Crippen molar-refractivity contribution in [2.45, 2.75) is 32.6 Å². The van der Waals surface area contributed by atoms with E-state index < -0.39 is 5.97 Å². The lowest BCUT2D eigenvalue weighted by molar-refractivity contribution is -0.132. The van der Waals surface area contributed by atoms with Gasteiger partial charge in [0.2, 0.25) is 0 Å². The summed E-state index contributed by atoms with van der Waals surface area (Å²) < 4.78 is 0. The van der Waals surface area contributed by atoms with Crippen molar-refractivity contribution in [3.63, 3.8) is 0 Å². The molecule has 0 fully saturated rings. The molecule has 0 heterocycles. The van der Waals surface area contributed by atoms with Gasteiger partial charge in [-0.15, -0.1) is 0 Å². The van der Waals surface area contributed by atoms with Crippen LogP contribution in [0.2, 0.25) is 0 Å². The number of rotatable bonds is 4. The average molecular weight is 258 g/mol. The van der Waals surface area contributed by atoms with Gasteiger partial charge < -0.3 is 10.2 Å². The van der Waals surface area contributed by atoms with Gasteiger partial charge in [0, 0.05) is 6.42 Å². The molecule has 0 saturated carbocycles. The Morgan fingerprint density at radius 1 is 1.21 bits per heavy atom. The van der Waals surface area contributed by atoms with Gasteiger partial charge in [0.25, 0.3) is 0 Å². The standard InChI is InChI=1S/C16H18O3/c1-11-5-7-12(8-6-11)9-10-13-3-2-4-14(17)15(13)16(18)19/h3,5-8,17H,2,4,9-10H2,1H3,(H,18,19). The first-order chi connectivity index (χ1) is 9.08. The van der Waals surface area contributed by atoms with Crippen molar-refractivity contribution in [3.05, 3.63) is 58.4 Å². The molecule has 1 aromatic rings. The van der Waals surface area contributed by atoms with Crippen LogP contribution in [0.15, 0.2) is 47.2 Å². The summed E-state index contributed by atoms with van der Waals surface area (Å²) >= 11 is 0. The molecule has 2 N–H and O–H groups in total. The van der Waals surface area contributed by atoms with Crippen LogP contribution in [0.25, 0.3) is 0 Å². The molecule has 0 saturated heterocycles. The second-order valence-corrected chi connectivity index (χ2v) is 4.88. The second kappa shape index (κ2) is 5.74. The zero-order valence-corrected chi connectivity index (χ0v) is 11.0. The summed E-state index contributed by atoms with van der Waals surface area (Å²) in [5.74, 6) is -1.03. The number of aliphatic hydroxyl groups excluding tert-OH is 1. The number of carboxylic acids is 1. The number of allylic oxidation sites excluding steroid dienone is 2. The van der Waals surface area contributed by atoms with Crippen LogP contribution in [0, 0.1) is 6.92 Å². The lowest BCUT2D eigenvalue weighted by atomic mass is 9.91. The smallest absolute Gasteiger partial charge is 0.339 e. The fourth-order valence-corrected chi connectivity index (χ4v) is 2.32. The normalized spacial score (nSPS) is 15.3. The quantitative estimate of drug-likeness (QED) is 0.868. The molecule has 0 amide bonds. The number of hydrogen-bond donors (Lipinski definition) is 2. The number of benzene rings is 1. The molecular weight excluding hydrogens is 240 g/mol. The van der Waals surface area contributed by atoms with E-state index in [1.807, 2.05) is 13.0 Å². The number of hydrogen-bond acceptors (Lipinski definition) is 2. The van der Waals surface area contributed by atoms with E-state index in [4.69, 9.17) is 5.11 Å². The Bertz CT molecular complexity index is 536. The van der Waals surface area contributed by atoms with Gasteiger partial charge in [-0.05, 0) is 37.3 Å². The Kier molecular flexibility index (Phi) is 4.05. The lowest BCUT2D eigenvalue weighted by Crippen LogP contribution is -2.11. The Balaban J connectivity index is 2.08. The van der Waals surface area contributed by atoms with Crippen molar-refractivity contribution in [2.24, 2.45) is 0 Å². The first kappa shape index (κ1) is 13.4. The lowest BCUT2D eigenvalue weighted by Gasteiger charge is -2.15. The monoisotopic (exact) mass is 258 g/mol. The molecule has 2 rings (SSSR count). The van der Waals surface area contributed by atoms with Crippen molar-refractivity contribution in [1.82, 2.24) is 0 Å². The summed E-state index contributed by atoms with van der Waals surface area (Å²) in [6.45, 7) is 2.04. The molecule has 3 heteroatoms. The van der Waals surface area contributed by atoms with Gasteiger partial charge in [-0.25, -0.2) is 4.79 Å². The highest BCUT2D eigenvalue weighted by Gasteiger charge is 2.21. The van der Waals surface area contributed by atoms with Crippen LogP contribution >= 0.6 is 0 Å². The van der Waals surface area contributed by atoms with Gasteiger partial charge in [-0.2, -0.15) is 0 Å². The third-order valence-electron chi connectivity index (χ3n) is 3.40. The van der Waals surface area contributed by atoms with Crippen LogP contribution in [-0.4, -0.2) is 16.2 Å². The highest BCUT2D eigenvalue weighted by molar-refractivity contribution is 5.92. The third kappa shape index (κ3) is 3.25. The van der Waals surface area contributed by atoms with E-state index in [1.165, 1.54) is 11.1 Å². The Labute approximate surface area is 112 Å². The second-order valence-electron chi connectivity index (χ2n) is 4.88. The predicted molar refractivity (Wildman–Crippen MR) is 74.1 cm³/mol. The van der Waals surface area contributed by atoms with Gasteiger partial charge in [0.1, 0.15) is 5.76 Å². The zero-order chi connectivity index (χ0) is 13.8. The summed E-state index contributed by atoms with van der Waals surface area (Å²) in [5, 5.41) is 18.9. The Morgan fingerprint density at radius 2 is 1.89 bits per heavy atom. The molecule has 1 aliphatic rings. The summed E-state index contributed by atoms with van der Waals surface area (Å²) in [6.07, 6.45) is 4.50. The van der Waals surface area contributed by atoms with E-state index in [0.29, 0.717) is 19.3 Å². The minimum absolute atomic E-state index is 0.00825. The van der Waals surface area contributed by atoms with Crippen LogP contribution in [0.1, 0.15) is 30.4 Å². The first-order valence-corrected chi connectivity index (χ1v) is 6.48. The van der Waals surface area contributed by atoms with Crippen molar-refractivity contribution >= 4 is 5.97 Å². The van der Waals surface area contributed by atoms with Gasteiger partial charge in [0.05, 0.1) is 5.57 Å². The van der Waals surface area contributed by atoms with Crippen LogP contribution in [0.3, 0.4) is 0 Å². The topological polar surface area (TPSA) is 57.5 Å². The van der Waals surface area contributed by atoms with Gasteiger partial charge >= 0.3 is 5.97 Å². The van der Waals surface area contributed by atoms with Crippen molar-refractivity contribution in [1.29, 1.82) is 0 Å². The molecule has 0 aromatic heterocycles. The molecule has 19 heavy (non-hydrogen) atoms. The molecule has 3 nitrogen and oxygen atoms in total. The largest absolute Gasteiger partial charge is 0.511 e. The average Bonchev–Trinajstić information content (AvgIpc) is 2.37. The van der Waals surface area contributed by atoms with Gasteiger partial charge in [0.15, 0.2) is 0 Å². The predicted octanol–water partition coefficient (Wildman–Crippen LogP) is 3.54. The molecule has 1 aliphatic carbocycles. The Hall–Kier alpha value is -2.03. The van der Waals surface area contributed by atoms with Crippen molar-refractivity contribution in [2.75, 3.05) is 0 Å². The van der Waals surface area contributed by atoms with E-state index in [2.05, 4.69) is 24.3 Å². The van der Waals surface area contributed by atoms with Gasteiger partial charge in [-0.1, -0.05) is 35.9 Å². The number of aliphatic hydroxyl groups is 1. The summed E-state index contributed by atoms with van der Waals surface area (Å²) in [7, 11) is 0. The van der Waals surface area contributed by atoms with Crippen LogP contribution in [-0.2, 0) is 11.2 Å². The third-order valence-corrected chi connectivity index (χ3v) is 3.40. The van der Waals surface area contributed by atoms with E-state index in [0.717, 1.165) is 12.0 Å². The molecule has 0 spiro atoms. The first-order valence-electron chi connectivity index (χ1n) is 6.48. The summed E-state index contributed by atoms with van der Waals surface area (Å²) in [4.78, 5) is 11.2. The number of carbonyl (C=O) groups is 1. The fraction of sp³-hybridized carbons (Fsp3) is 0.312. The van der Waals surface area contributed by atoms with Crippen LogP contribution in [0.5, 0.6) is 0 Å². The van der Waals surface area contributed by atoms with Crippen molar-refractivity contribution < 1.29 is 15.0 Å². The molecular formula is C16H18O3. The molecule has 0 atom stereocenters. The van der Waals surface area contributed by atoms with E-state index in [9.17, 15) is 9.90 Å². The maximum absolute atomic E-state index is 11.2. The maximum Gasteiger partial charge on any atom is 0.339 e. The molecule has 0 radical (unpaired) electrons. The van der Waals surface area contributed by atoms with E-state index in [-0.39, 0.29) is 11.3 Å². The SMILES string of the molecule is Cc1ccc(CCC2=CCCC(O)=C2C(=O)O)cc1. The highest BCUT2D eigenvalue weighted by atomic mass is 16.4.